The smallest absolute Gasteiger partial charge is 0.248 e. The van der Waals surface area contributed by atoms with E-state index in [-0.39, 0.29) is 5.91 Å². The number of benzene rings is 2. The number of carbonyl (C=O) groups is 1. The van der Waals surface area contributed by atoms with Crippen LogP contribution in [0.15, 0.2) is 97.1 Å². The number of amides is 1. The molecule has 2 aliphatic rings. The Morgan fingerprint density at radius 1 is 0.596 bits per heavy atom. The van der Waals surface area contributed by atoms with Crippen molar-refractivity contribution in [3.05, 3.63) is 125 Å². The molecule has 0 fully saturated rings. The van der Waals surface area contributed by atoms with Gasteiger partial charge in [-0.25, -0.2) is 9.97 Å². The van der Waals surface area contributed by atoms with E-state index < -0.39 is 0 Å². The van der Waals surface area contributed by atoms with Gasteiger partial charge in [0, 0.05) is 22.2 Å². The van der Waals surface area contributed by atoms with Crippen LogP contribution < -0.4 is 10.5 Å². The predicted octanol–water partition coefficient (Wildman–Crippen LogP) is 11.4. The molecule has 2 aliphatic heterocycles. The molecular formula is C45H49N5O2. The molecule has 0 saturated heterocycles. The lowest BCUT2D eigenvalue weighted by Gasteiger charge is -2.09. The van der Waals surface area contributed by atoms with Crippen LogP contribution in [0, 0.1) is 0 Å². The van der Waals surface area contributed by atoms with Crippen molar-refractivity contribution in [2.75, 3.05) is 6.61 Å². The van der Waals surface area contributed by atoms with E-state index in [0.717, 1.165) is 68.1 Å². The Morgan fingerprint density at radius 3 is 1.63 bits per heavy atom. The van der Waals surface area contributed by atoms with Gasteiger partial charge in [-0.15, -0.1) is 0 Å². The summed E-state index contributed by atoms with van der Waals surface area (Å²) in [4.78, 5) is 27.3. The highest BCUT2D eigenvalue weighted by atomic mass is 16.5. The summed E-state index contributed by atoms with van der Waals surface area (Å²) in [7, 11) is 0. The van der Waals surface area contributed by atoms with Crippen molar-refractivity contribution in [2.45, 2.75) is 71.1 Å². The van der Waals surface area contributed by atoms with Gasteiger partial charge in [0.15, 0.2) is 5.75 Å². The molecule has 1 amide bonds. The summed E-state index contributed by atoms with van der Waals surface area (Å²) in [6.45, 7) is 2.96. The highest BCUT2D eigenvalue weighted by Gasteiger charge is 2.16. The van der Waals surface area contributed by atoms with E-state index in [1.54, 1.807) is 24.3 Å². The molecular weight excluding hydrogens is 643 g/mol. The molecule has 7 heteroatoms. The number of hydrogen-bond acceptors (Lipinski definition) is 4. The molecule has 52 heavy (non-hydrogen) atoms. The first-order valence-corrected chi connectivity index (χ1v) is 18.7. The lowest BCUT2D eigenvalue weighted by molar-refractivity contribution is 0.1000. The van der Waals surface area contributed by atoms with Crippen LogP contribution in [0.2, 0.25) is 0 Å². The molecule has 0 unspecified atom stereocenters. The number of ether oxygens (including phenoxy) is 1. The van der Waals surface area contributed by atoms with Crippen molar-refractivity contribution in [3.8, 4) is 16.9 Å². The number of carbonyl (C=O) groups excluding carboxylic acids is 1. The van der Waals surface area contributed by atoms with Gasteiger partial charge in [-0.1, -0.05) is 113 Å². The minimum absolute atomic E-state index is 0.379. The number of hydrogen-bond donors (Lipinski definition) is 3. The molecule has 0 atom stereocenters. The van der Waals surface area contributed by atoms with E-state index in [9.17, 15) is 4.79 Å². The van der Waals surface area contributed by atoms with Gasteiger partial charge < -0.3 is 20.4 Å². The van der Waals surface area contributed by atoms with E-state index >= 15 is 0 Å². The maximum Gasteiger partial charge on any atom is 0.248 e. The lowest BCUT2D eigenvalue weighted by Crippen LogP contribution is -2.09. The zero-order chi connectivity index (χ0) is 36.0. The number of nitrogens with zero attached hydrogens (tertiary/aromatic N) is 2. The van der Waals surface area contributed by atoms with Gasteiger partial charge in [0.1, 0.15) is 0 Å². The number of aromatic amines is 2. The van der Waals surface area contributed by atoms with Crippen molar-refractivity contribution < 1.29 is 9.53 Å². The second-order valence-corrected chi connectivity index (χ2v) is 13.3. The molecule has 5 aromatic rings. The van der Waals surface area contributed by atoms with Crippen molar-refractivity contribution in [2.24, 2.45) is 5.73 Å². The fraction of sp³-hybridized carbons (Fsp3) is 0.267. The average Bonchev–Trinajstić information content (AvgIpc) is 3.97. The monoisotopic (exact) mass is 691 g/mol. The van der Waals surface area contributed by atoms with Crippen LogP contribution in [0.1, 0.15) is 104 Å². The van der Waals surface area contributed by atoms with Crippen LogP contribution in [0.3, 0.4) is 0 Å². The molecule has 2 aromatic carbocycles. The summed E-state index contributed by atoms with van der Waals surface area (Å²) in [5.74, 6) is 0.494. The highest BCUT2D eigenvalue weighted by Crippen LogP contribution is 2.39. The maximum atomic E-state index is 10.4. The number of unbranched alkanes of at least 4 members (excludes halogenated alkanes) is 9. The standard InChI is InChI=1S/C38H42N4O.C7H7NO/c1-2-3-4-5-6-7-8-9-10-14-23-43-38-36-27-34-22-20-32(41-34)25-30-18-17-29(39-30)24-31-19-21-33(40-31)26-35(42-36)37(38)28-15-12-11-13-16-28;8-7(9)6-4-2-1-3-5-6/h11-13,15-22,24-27,39,42H,2-10,14,23H2,1H3;1-5H,(H2,8,9). The Kier molecular flexibility index (Phi) is 12.9. The quantitative estimate of drug-likeness (QED) is 0.0986. The van der Waals surface area contributed by atoms with E-state index in [2.05, 4.69) is 108 Å². The first kappa shape index (κ1) is 36.1. The highest BCUT2D eigenvalue weighted by molar-refractivity contribution is 5.95. The Morgan fingerprint density at radius 2 is 1.10 bits per heavy atom. The number of rotatable bonds is 14. The second kappa shape index (κ2) is 18.5. The molecule has 0 aliphatic carbocycles. The zero-order valence-corrected chi connectivity index (χ0v) is 30.1. The van der Waals surface area contributed by atoms with Gasteiger partial charge in [0.05, 0.1) is 40.4 Å². The lowest BCUT2D eigenvalue weighted by atomic mass is 10.1. The van der Waals surface area contributed by atoms with Gasteiger partial charge in [-0.3, -0.25) is 4.79 Å². The summed E-state index contributed by atoms with van der Waals surface area (Å²) >= 11 is 0. The minimum atomic E-state index is -0.379. The average molecular weight is 692 g/mol. The molecule has 7 rings (SSSR count). The second-order valence-electron chi connectivity index (χ2n) is 13.3. The van der Waals surface area contributed by atoms with Gasteiger partial charge in [0.2, 0.25) is 5.91 Å². The maximum absolute atomic E-state index is 10.4. The third kappa shape index (κ3) is 10.2. The topological polar surface area (TPSA) is 110 Å². The normalized spacial score (nSPS) is 11.6. The van der Waals surface area contributed by atoms with Gasteiger partial charge in [-0.2, -0.15) is 0 Å². The van der Waals surface area contributed by atoms with E-state index in [1.807, 2.05) is 6.07 Å². The molecule has 4 N–H and O–H groups in total. The number of fused-ring (bicyclic) bond motifs is 8. The first-order valence-electron chi connectivity index (χ1n) is 18.7. The Hall–Kier alpha value is -5.69. The fourth-order valence-corrected chi connectivity index (χ4v) is 6.46. The van der Waals surface area contributed by atoms with Crippen LogP contribution in [0.25, 0.3) is 57.5 Å². The molecule has 7 nitrogen and oxygen atoms in total. The number of aromatic nitrogens is 4. The Labute approximate surface area is 306 Å². The van der Waals surface area contributed by atoms with Crippen LogP contribution >= 0.6 is 0 Å². The van der Waals surface area contributed by atoms with Crippen LogP contribution in [-0.2, 0) is 0 Å². The first-order chi connectivity index (χ1) is 25.6. The number of H-pyrrole nitrogens is 2. The molecule has 266 valence electrons. The molecule has 0 spiro atoms. The van der Waals surface area contributed by atoms with E-state index in [4.69, 9.17) is 20.4 Å². The molecule has 5 heterocycles. The Bertz CT molecular complexity index is 2150. The summed E-state index contributed by atoms with van der Waals surface area (Å²) in [6, 6.07) is 31.8. The van der Waals surface area contributed by atoms with Gasteiger partial charge in [-0.05, 0) is 84.8 Å². The number of nitrogens with one attached hydrogen (secondary N) is 2. The van der Waals surface area contributed by atoms with Crippen molar-refractivity contribution in [1.29, 1.82) is 0 Å². The number of nitrogens with two attached hydrogens (primary N) is 1. The summed E-state index contributed by atoms with van der Waals surface area (Å²) < 4.78 is 6.64. The van der Waals surface area contributed by atoms with Crippen molar-refractivity contribution >= 4 is 52.3 Å². The minimum Gasteiger partial charge on any atom is -0.491 e. The predicted molar refractivity (Wildman–Crippen MR) is 217 cm³/mol. The fourth-order valence-electron chi connectivity index (χ4n) is 6.46. The van der Waals surface area contributed by atoms with Crippen LogP contribution in [0.4, 0.5) is 0 Å². The Balaban J connectivity index is 0.000000451. The van der Waals surface area contributed by atoms with Crippen molar-refractivity contribution in [3.63, 3.8) is 0 Å². The van der Waals surface area contributed by atoms with E-state index in [1.165, 1.54) is 57.8 Å². The molecule has 3 aromatic heterocycles. The summed E-state index contributed by atoms with van der Waals surface area (Å²) in [6.07, 6.45) is 21.2. The van der Waals surface area contributed by atoms with Gasteiger partial charge in [0.25, 0.3) is 0 Å². The third-order valence-corrected chi connectivity index (χ3v) is 9.16. The molecule has 0 saturated carbocycles. The summed E-state index contributed by atoms with van der Waals surface area (Å²) in [5, 5.41) is 0. The van der Waals surface area contributed by atoms with Gasteiger partial charge >= 0.3 is 0 Å². The van der Waals surface area contributed by atoms with E-state index in [0.29, 0.717) is 12.2 Å². The van der Waals surface area contributed by atoms with Crippen LogP contribution in [0.5, 0.6) is 5.75 Å². The van der Waals surface area contributed by atoms with Crippen LogP contribution in [-0.4, -0.2) is 32.4 Å². The van der Waals surface area contributed by atoms with Crippen molar-refractivity contribution in [1.82, 2.24) is 19.9 Å². The molecule has 0 radical (unpaired) electrons. The third-order valence-electron chi connectivity index (χ3n) is 9.16. The number of primary amides is 1. The SMILES string of the molecule is CCCCCCCCCCCCOc1c(-c2ccccc2)c2cc3nc(cc4ccc(cc5nc(cc1[nH]2)C=C5)[nH]4)C=C3.NC(=O)c1ccccc1. The largest absolute Gasteiger partial charge is 0.491 e. The molecule has 8 bridgehead atoms. The summed E-state index contributed by atoms with van der Waals surface area (Å²) in [5.41, 5.74) is 15.2. The zero-order valence-electron chi connectivity index (χ0n) is 30.1.